The lowest BCUT2D eigenvalue weighted by atomic mass is 9.83. The van der Waals surface area contributed by atoms with Gasteiger partial charge in [-0.25, -0.2) is 4.79 Å². The van der Waals surface area contributed by atoms with E-state index in [-0.39, 0.29) is 12.0 Å². The zero-order valence-electron chi connectivity index (χ0n) is 24.0. The Bertz CT molecular complexity index is 1270. The summed E-state index contributed by atoms with van der Waals surface area (Å²) in [6.07, 6.45) is 12.2. The lowest BCUT2D eigenvalue weighted by molar-refractivity contribution is -0.139. The molecule has 0 aliphatic heterocycles. The first-order valence-electron chi connectivity index (χ1n) is 15.1. The van der Waals surface area contributed by atoms with Crippen molar-refractivity contribution in [3.8, 4) is 16.9 Å². The van der Waals surface area contributed by atoms with Gasteiger partial charge in [-0.1, -0.05) is 112 Å². The van der Waals surface area contributed by atoms with Gasteiger partial charge in [-0.15, -0.1) is 0 Å². The molecule has 3 aromatic carbocycles. The van der Waals surface area contributed by atoms with Crippen molar-refractivity contribution in [1.82, 2.24) is 5.32 Å². The fourth-order valence-electron chi connectivity index (χ4n) is 5.58. The topological polar surface area (TPSA) is 75.6 Å². The van der Waals surface area contributed by atoms with E-state index >= 15 is 0 Å². The number of ether oxygens (including phenoxy) is 1. The van der Waals surface area contributed by atoms with Gasteiger partial charge in [0, 0.05) is 11.4 Å². The van der Waals surface area contributed by atoms with Crippen LogP contribution >= 0.6 is 11.6 Å². The van der Waals surface area contributed by atoms with Crippen LogP contribution in [0.15, 0.2) is 66.7 Å². The average molecular weight is 576 g/mol. The molecule has 1 aliphatic carbocycles. The quantitative estimate of drug-likeness (QED) is 0.188. The summed E-state index contributed by atoms with van der Waals surface area (Å²) in [6, 6.07) is 20.5. The lowest BCUT2D eigenvalue weighted by Crippen LogP contribution is -2.42. The third-order valence-electron chi connectivity index (χ3n) is 8.01. The Balaban J connectivity index is 1.37. The van der Waals surface area contributed by atoms with Crippen molar-refractivity contribution < 1.29 is 19.4 Å². The molecule has 1 aliphatic rings. The van der Waals surface area contributed by atoms with Crippen LogP contribution in [-0.4, -0.2) is 29.6 Å². The summed E-state index contributed by atoms with van der Waals surface area (Å²) >= 11 is 6.17. The van der Waals surface area contributed by atoms with Crippen LogP contribution in [0.5, 0.6) is 5.75 Å². The molecule has 0 saturated heterocycles. The maximum Gasteiger partial charge on any atom is 0.326 e. The molecule has 1 fully saturated rings. The second kappa shape index (κ2) is 15.6. The smallest absolute Gasteiger partial charge is 0.326 e. The number of carbonyl (C=O) groups excluding carboxylic acids is 1. The van der Waals surface area contributed by atoms with Gasteiger partial charge in [0.15, 0.2) is 0 Å². The highest BCUT2D eigenvalue weighted by molar-refractivity contribution is 6.31. The van der Waals surface area contributed by atoms with Crippen LogP contribution < -0.4 is 10.1 Å². The summed E-state index contributed by atoms with van der Waals surface area (Å²) in [5, 5.41) is 13.0. The van der Waals surface area contributed by atoms with E-state index < -0.39 is 17.9 Å². The molecule has 1 amide bonds. The molecule has 2 N–H and O–H groups in total. The van der Waals surface area contributed by atoms with Gasteiger partial charge in [0.2, 0.25) is 0 Å². The molecule has 5 nitrogen and oxygen atoms in total. The van der Waals surface area contributed by atoms with Crippen molar-refractivity contribution in [2.24, 2.45) is 0 Å². The van der Waals surface area contributed by atoms with E-state index in [0.717, 1.165) is 36.0 Å². The van der Waals surface area contributed by atoms with Crippen LogP contribution in [0.25, 0.3) is 11.1 Å². The van der Waals surface area contributed by atoms with Gasteiger partial charge in [0.05, 0.1) is 12.2 Å². The normalized spacial score (nSPS) is 14.4. The zero-order chi connectivity index (χ0) is 29.0. The number of halogens is 1. The Kier molecular flexibility index (Phi) is 11.7. The fourth-order valence-corrected chi connectivity index (χ4v) is 5.75. The number of hydrogen-bond donors (Lipinski definition) is 2. The van der Waals surface area contributed by atoms with Crippen molar-refractivity contribution in [2.45, 2.75) is 89.5 Å². The second-order valence-electron chi connectivity index (χ2n) is 11.1. The van der Waals surface area contributed by atoms with E-state index in [1.54, 1.807) is 12.1 Å². The minimum atomic E-state index is -1.10. The van der Waals surface area contributed by atoms with E-state index in [9.17, 15) is 14.7 Å². The Hall–Kier alpha value is -3.31. The van der Waals surface area contributed by atoms with Crippen molar-refractivity contribution >= 4 is 23.5 Å². The highest BCUT2D eigenvalue weighted by Crippen LogP contribution is 2.33. The average Bonchev–Trinajstić information content (AvgIpc) is 3.00. The first-order valence-corrected chi connectivity index (χ1v) is 15.5. The summed E-state index contributed by atoms with van der Waals surface area (Å²) in [7, 11) is 0. The lowest BCUT2D eigenvalue weighted by Gasteiger charge is -2.22. The molecule has 41 heavy (non-hydrogen) atoms. The Morgan fingerprint density at radius 2 is 1.56 bits per heavy atom. The number of benzene rings is 3. The highest BCUT2D eigenvalue weighted by Gasteiger charge is 2.23. The number of aliphatic carboxylic acids is 1. The molecule has 0 aromatic heterocycles. The molecule has 4 rings (SSSR count). The molecule has 0 radical (unpaired) electrons. The molecule has 1 unspecified atom stereocenters. The number of rotatable bonds is 14. The summed E-state index contributed by atoms with van der Waals surface area (Å²) in [5.74, 6) is -0.532. The second-order valence-corrected chi connectivity index (χ2v) is 11.6. The van der Waals surface area contributed by atoms with Crippen LogP contribution in [0.1, 0.15) is 98.5 Å². The van der Waals surface area contributed by atoms with Gasteiger partial charge in [-0.2, -0.15) is 0 Å². The summed E-state index contributed by atoms with van der Waals surface area (Å²) in [5.41, 5.74) is 4.71. The molecule has 3 aromatic rings. The van der Waals surface area contributed by atoms with Crippen molar-refractivity contribution in [1.29, 1.82) is 0 Å². The van der Waals surface area contributed by atoms with Crippen LogP contribution in [0.2, 0.25) is 5.02 Å². The van der Waals surface area contributed by atoms with E-state index in [1.807, 2.05) is 24.3 Å². The minimum absolute atomic E-state index is 0.163. The number of unbranched alkanes of at least 4 members (excludes halogenated alkanes) is 4. The van der Waals surface area contributed by atoms with Crippen molar-refractivity contribution in [3.63, 3.8) is 0 Å². The minimum Gasteiger partial charge on any atom is -0.493 e. The van der Waals surface area contributed by atoms with Gasteiger partial charge >= 0.3 is 5.97 Å². The first-order chi connectivity index (χ1) is 19.9. The van der Waals surface area contributed by atoms with E-state index in [4.69, 9.17) is 16.3 Å². The standard InChI is InChI=1S/C35H42ClNO4/c1-2-3-4-5-9-22-41-33-21-20-30(36)24-31(33)34(38)37-32(35(39)40)23-25-12-14-27(15-13-25)29-18-16-28(17-19-29)26-10-7-6-8-11-26/h12-21,24,26,32H,2-11,22-23H2,1H3,(H,37,38)(H,39,40). The monoisotopic (exact) mass is 575 g/mol. The molecule has 6 heteroatoms. The van der Waals surface area contributed by atoms with E-state index in [1.165, 1.54) is 56.6 Å². The third-order valence-corrected chi connectivity index (χ3v) is 8.24. The maximum atomic E-state index is 13.2. The first kappa shape index (κ1) is 30.6. The van der Waals surface area contributed by atoms with Gasteiger partial charge < -0.3 is 15.2 Å². The summed E-state index contributed by atoms with van der Waals surface area (Å²) < 4.78 is 5.88. The van der Waals surface area contributed by atoms with Crippen LogP contribution in [0.3, 0.4) is 0 Å². The molecule has 1 saturated carbocycles. The van der Waals surface area contributed by atoms with Gasteiger partial charge in [-0.3, -0.25) is 4.79 Å². The number of nitrogens with one attached hydrogen (secondary N) is 1. The number of hydrogen-bond acceptors (Lipinski definition) is 3. The number of carboxylic acid groups (broad SMARTS) is 1. The fraction of sp³-hybridized carbons (Fsp3) is 0.429. The van der Waals surface area contributed by atoms with Gasteiger partial charge in [0.1, 0.15) is 11.8 Å². The molecule has 218 valence electrons. The largest absolute Gasteiger partial charge is 0.493 e. The highest BCUT2D eigenvalue weighted by atomic mass is 35.5. The summed E-state index contributed by atoms with van der Waals surface area (Å²) in [6.45, 7) is 2.66. The van der Waals surface area contributed by atoms with Crippen LogP contribution in [0.4, 0.5) is 0 Å². The Morgan fingerprint density at radius 3 is 2.22 bits per heavy atom. The van der Waals surface area contributed by atoms with E-state index in [0.29, 0.717) is 23.3 Å². The number of carbonyl (C=O) groups is 2. The number of carboxylic acids is 1. The van der Waals surface area contributed by atoms with Crippen molar-refractivity contribution in [3.05, 3.63) is 88.4 Å². The molecule has 0 spiro atoms. The maximum absolute atomic E-state index is 13.2. The molecule has 1 atom stereocenters. The van der Waals surface area contributed by atoms with E-state index in [2.05, 4.69) is 36.5 Å². The van der Waals surface area contributed by atoms with Crippen molar-refractivity contribution in [2.75, 3.05) is 6.61 Å². The van der Waals surface area contributed by atoms with Crippen LogP contribution in [-0.2, 0) is 11.2 Å². The Labute approximate surface area is 249 Å². The predicted molar refractivity (Wildman–Crippen MR) is 166 cm³/mol. The SMILES string of the molecule is CCCCCCCOc1ccc(Cl)cc1C(=O)NC(Cc1ccc(-c2ccc(C3CCCCC3)cc2)cc1)C(=O)O. The van der Waals surface area contributed by atoms with Gasteiger partial charge in [-0.05, 0) is 65.6 Å². The predicted octanol–water partition coefficient (Wildman–Crippen LogP) is 8.83. The third kappa shape index (κ3) is 9.09. The zero-order valence-corrected chi connectivity index (χ0v) is 24.8. The number of amides is 1. The Morgan fingerprint density at radius 1 is 0.902 bits per heavy atom. The van der Waals surface area contributed by atoms with Crippen LogP contribution in [0, 0.1) is 0 Å². The molecule has 0 bridgehead atoms. The molecular formula is C35H42ClNO4. The molecular weight excluding hydrogens is 534 g/mol. The van der Waals surface area contributed by atoms with Gasteiger partial charge in [0.25, 0.3) is 5.91 Å². The summed E-state index contributed by atoms with van der Waals surface area (Å²) in [4.78, 5) is 25.3. The molecule has 0 heterocycles.